The molecule has 0 bridgehead atoms. The van der Waals surface area contributed by atoms with Crippen molar-refractivity contribution in [3.8, 4) is 5.75 Å². The Balaban J connectivity index is 2.56. The van der Waals surface area contributed by atoms with Crippen molar-refractivity contribution >= 4 is 5.91 Å². The largest absolute Gasteiger partial charge is 0.491 e. The molecule has 0 aliphatic rings. The fraction of sp³-hybridized carbons (Fsp3) is 0.364. The number of hydrogen-bond donors (Lipinski definition) is 3. The minimum atomic E-state index is -0.516. The van der Waals surface area contributed by atoms with Gasteiger partial charge in [-0.3, -0.25) is 4.79 Å². The van der Waals surface area contributed by atoms with Crippen molar-refractivity contribution in [1.29, 1.82) is 0 Å². The van der Waals surface area contributed by atoms with Crippen LogP contribution in [-0.2, 0) is 11.4 Å². The van der Waals surface area contributed by atoms with E-state index in [-0.39, 0.29) is 13.2 Å². The van der Waals surface area contributed by atoms with Gasteiger partial charge in [-0.05, 0) is 24.7 Å². The monoisotopic (exact) mass is 224 g/mol. The summed E-state index contributed by atoms with van der Waals surface area (Å²) < 4.78 is 5.39. The lowest BCUT2D eigenvalue weighted by Crippen LogP contribution is -2.43. The molecule has 0 radical (unpaired) electrons. The molecule has 0 aromatic heterocycles. The van der Waals surface area contributed by atoms with Gasteiger partial charge in [-0.15, -0.1) is 0 Å². The van der Waals surface area contributed by atoms with Crippen LogP contribution in [0.15, 0.2) is 24.3 Å². The summed E-state index contributed by atoms with van der Waals surface area (Å²) in [4.78, 5) is 10.9. The van der Waals surface area contributed by atoms with Crippen molar-refractivity contribution in [2.24, 2.45) is 5.73 Å². The summed E-state index contributed by atoms with van der Waals surface area (Å²) in [5, 5.41) is 11.7. The van der Waals surface area contributed by atoms with Gasteiger partial charge in [0.25, 0.3) is 0 Å². The number of carbonyl (C=O) groups is 1. The number of primary amides is 1. The van der Waals surface area contributed by atoms with E-state index >= 15 is 0 Å². The van der Waals surface area contributed by atoms with Gasteiger partial charge in [0.05, 0.1) is 6.61 Å². The van der Waals surface area contributed by atoms with Crippen molar-refractivity contribution in [3.05, 3.63) is 29.8 Å². The number of carbonyl (C=O) groups excluding carboxylic acids is 1. The smallest absolute Gasteiger partial charge is 0.238 e. The van der Waals surface area contributed by atoms with E-state index in [1.807, 2.05) is 0 Å². The summed E-state index contributed by atoms with van der Waals surface area (Å²) in [7, 11) is 1.64. The zero-order valence-electron chi connectivity index (χ0n) is 9.14. The van der Waals surface area contributed by atoms with Crippen LogP contribution in [0.1, 0.15) is 5.56 Å². The molecule has 4 N–H and O–H groups in total. The molecule has 1 aromatic carbocycles. The molecule has 1 rings (SSSR count). The number of likely N-dealkylation sites (N-methyl/N-ethyl adjacent to an activating group) is 1. The molecule has 1 aromatic rings. The van der Waals surface area contributed by atoms with Gasteiger partial charge in [-0.25, -0.2) is 0 Å². The molecule has 0 saturated carbocycles. The van der Waals surface area contributed by atoms with E-state index in [0.717, 1.165) is 5.56 Å². The standard InChI is InChI=1S/C11H16N2O3/c1-13-10(11(12)15)7-16-9-4-2-3-8(5-9)6-14/h2-5,10,13-14H,6-7H2,1H3,(H2,12,15). The third kappa shape index (κ3) is 3.52. The molecule has 1 atom stereocenters. The Morgan fingerprint density at radius 3 is 2.94 bits per heavy atom. The number of hydrogen-bond acceptors (Lipinski definition) is 4. The van der Waals surface area contributed by atoms with Gasteiger partial charge in [0.1, 0.15) is 18.4 Å². The Morgan fingerprint density at radius 1 is 1.62 bits per heavy atom. The number of nitrogens with two attached hydrogens (primary N) is 1. The van der Waals surface area contributed by atoms with Crippen LogP contribution in [0.25, 0.3) is 0 Å². The number of aliphatic hydroxyl groups excluding tert-OH is 1. The van der Waals surface area contributed by atoms with Crippen molar-refractivity contribution in [2.75, 3.05) is 13.7 Å². The molecule has 5 heteroatoms. The molecular formula is C11H16N2O3. The second-order valence-electron chi connectivity index (χ2n) is 3.36. The highest BCUT2D eigenvalue weighted by Crippen LogP contribution is 2.13. The first-order valence-electron chi connectivity index (χ1n) is 4.96. The van der Waals surface area contributed by atoms with Crippen LogP contribution >= 0.6 is 0 Å². The average Bonchev–Trinajstić information content (AvgIpc) is 2.29. The van der Waals surface area contributed by atoms with Crippen molar-refractivity contribution in [2.45, 2.75) is 12.6 Å². The van der Waals surface area contributed by atoms with Gasteiger partial charge in [0.15, 0.2) is 0 Å². The minimum Gasteiger partial charge on any atom is -0.491 e. The SMILES string of the molecule is CNC(COc1cccc(CO)c1)C(N)=O. The summed E-state index contributed by atoms with van der Waals surface area (Å²) in [5.41, 5.74) is 5.91. The fourth-order valence-electron chi connectivity index (χ4n) is 1.22. The number of benzene rings is 1. The molecule has 16 heavy (non-hydrogen) atoms. The predicted octanol–water partition coefficient (Wildman–Crippen LogP) is -0.369. The molecule has 0 aliphatic carbocycles. The Kier molecular flexibility index (Phi) is 4.75. The third-order valence-electron chi connectivity index (χ3n) is 2.19. The summed E-state index contributed by atoms with van der Waals surface area (Å²) in [6.07, 6.45) is 0. The minimum absolute atomic E-state index is 0.0392. The molecule has 0 fully saturated rings. The van der Waals surface area contributed by atoms with Crippen LogP contribution in [-0.4, -0.2) is 30.7 Å². The first kappa shape index (κ1) is 12.5. The predicted molar refractivity (Wildman–Crippen MR) is 59.9 cm³/mol. The highest BCUT2D eigenvalue weighted by Gasteiger charge is 2.13. The van der Waals surface area contributed by atoms with E-state index < -0.39 is 11.9 Å². The van der Waals surface area contributed by atoms with Crippen LogP contribution in [0.3, 0.4) is 0 Å². The van der Waals surface area contributed by atoms with Crippen LogP contribution in [0.5, 0.6) is 5.75 Å². The number of rotatable bonds is 6. The number of amides is 1. The van der Waals surface area contributed by atoms with Gasteiger partial charge in [0.2, 0.25) is 5.91 Å². The first-order valence-corrected chi connectivity index (χ1v) is 4.96. The maximum atomic E-state index is 10.9. The average molecular weight is 224 g/mol. The van der Waals surface area contributed by atoms with Gasteiger partial charge >= 0.3 is 0 Å². The molecule has 0 aliphatic heterocycles. The topological polar surface area (TPSA) is 84.6 Å². The maximum absolute atomic E-state index is 10.9. The van der Waals surface area contributed by atoms with E-state index in [2.05, 4.69) is 5.32 Å². The number of nitrogens with one attached hydrogen (secondary N) is 1. The van der Waals surface area contributed by atoms with Crippen molar-refractivity contribution in [1.82, 2.24) is 5.32 Å². The van der Waals surface area contributed by atoms with Crippen molar-refractivity contribution in [3.63, 3.8) is 0 Å². The second kappa shape index (κ2) is 6.09. The fourth-order valence-corrected chi connectivity index (χ4v) is 1.22. The quantitative estimate of drug-likeness (QED) is 0.615. The molecule has 0 spiro atoms. The van der Waals surface area contributed by atoms with E-state index in [1.165, 1.54) is 0 Å². The van der Waals surface area contributed by atoms with Gasteiger partial charge in [-0.1, -0.05) is 12.1 Å². The highest BCUT2D eigenvalue weighted by molar-refractivity contribution is 5.79. The van der Waals surface area contributed by atoms with Crippen molar-refractivity contribution < 1.29 is 14.6 Å². The van der Waals surface area contributed by atoms with Gasteiger partial charge in [0, 0.05) is 0 Å². The molecule has 5 nitrogen and oxygen atoms in total. The van der Waals surface area contributed by atoms with E-state index in [0.29, 0.717) is 5.75 Å². The Labute approximate surface area is 94.2 Å². The summed E-state index contributed by atoms with van der Waals surface area (Å²) in [5.74, 6) is 0.147. The molecule has 1 amide bonds. The second-order valence-corrected chi connectivity index (χ2v) is 3.36. The Morgan fingerprint density at radius 2 is 2.38 bits per heavy atom. The van der Waals surface area contributed by atoms with Crippen LogP contribution in [0, 0.1) is 0 Å². The Bertz CT molecular complexity index is 355. The van der Waals surface area contributed by atoms with Gasteiger partial charge < -0.3 is 20.9 Å². The normalized spacial score (nSPS) is 12.1. The molecule has 88 valence electrons. The third-order valence-corrected chi connectivity index (χ3v) is 2.19. The highest BCUT2D eigenvalue weighted by atomic mass is 16.5. The molecule has 0 saturated heterocycles. The Hall–Kier alpha value is -1.59. The zero-order valence-corrected chi connectivity index (χ0v) is 9.14. The van der Waals surface area contributed by atoms with Crippen LogP contribution in [0.4, 0.5) is 0 Å². The lowest BCUT2D eigenvalue weighted by molar-refractivity contribution is -0.120. The van der Waals surface area contributed by atoms with E-state index in [1.54, 1.807) is 31.3 Å². The summed E-state index contributed by atoms with van der Waals surface area (Å²) in [6.45, 7) is 0.128. The first-order chi connectivity index (χ1) is 7.67. The van der Waals surface area contributed by atoms with Gasteiger partial charge in [-0.2, -0.15) is 0 Å². The summed E-state index contributed by atoms with van der Waals surface area (Å²) in [6, 6.07) is 6.52. The molecule has 0 heterocycles. The molecule has 1 unspecified atom stereocenters. The van der Waals surface area contributed by atoms with Crippen LogP contribution in [0.2, 0.25) is 0 Å². The zero-order chi connectivity index (χ0) is 12.0. The molecular weight excluding hydrogens is 208 g/mol. The maximum Gasteiger partial charge on any atom is 0.238 e. The number of ether oxygens (including phenoxy) is 1. The lowest BCUT2D eigenvalue weighted by atomic mass is 10.2. The van der Waals surface area contributed by atoms with E-state index in [9.17, 15) is 4.79 Å². The summed E-state index contributed by atoms with van der Waals surface area (Å²) >= 11 is 0. The lowest BCUT2D eigenvalue weighted by Gasteiger charge is -2.13. The van der Waals surface area contributed by atoms with Crippen LogP contribution < -0.4 is 15.8 Å². The van der Waals surface area contributed by atoms with E-state index in [4.69, 9.17) is 15.6 Å². The number of aliphatic hydroxyl groups is 1.